The number of nitrogens with zero attached hydrogens (tertiary/aromatic N) is 6. The molecule has 14 heteroatoms. The van der Waals surface area contributed by atoms with E-state index in [2.05, 4.69) is 30.7 Å². The molecule has 2 aromatic rings. The minimum Gasteiger partial charge on any atom is -0.483 e. The smallest absolute Gasteiger partial charge is 0.290 e. The molecule has 2 heterocycles. The van der Waals surface area contributed by atoms with Gasteiger partial charge in [0, 0.05) is 20.1 Å². The van der Waals surface area contributed by atoms with E-state index in [1.807, 2.05) is 0 Å². The Hall–Kier alpha value is -2.87. The fraction of sp³-hybridized carbons (Fsp3) is 0.400. The summed E-state index contributed by atoms with van der Waals surface area (Å²) in [4.78, 5) is 24.1. The lowest BCUT2D eigenvalue weighted by molar-refractivity contribution is -0.122. The molecule has 2 aromatic heterocycles. The standard InChI is InChI=1S/C9H14N8O3S.CH2O2/c1-16(21(2,19)20)4-3-10-8(18)7-13-9(15-14-7)17-5-11-12-6-17;2-1-3/h5-6H,3-4H2,1-2H3,(H,10,18)(H,13,14,15);1H,(H,2,3). The van der Waals surface area contributed by atoms with Gasteiger partial charge in [-0.15, -0.1) is 15.3 Å². The van der Waals surface area contributed by atoms with Gasteiger partial charge >= 0.3 is 0 Å². The van der Waals surface area contributed by atoms with Crippen molar-refractivity contribution in [2.45, 2.75) is 0 Å². The second-order valence-corrected chi connectivity index (χ2v) is 6.39. The molecule has 0 unspecified atom stereocenters. The van der Waals surface area contributed by atoms with Crippen molar-refractivity contribution >= 4 is 22.4 Å². The number of carbonyl (C=O) groups excluding carboxylic acids is 1. The number of carbonyl (C=O) groups is 2. The summed E-state index contributed by atoms with van der Waals surface area (Å²) < 4.78 is 24.9. The molecular weight excluding hydrogens is 344 g/mol. The number of hydrogen-bond donors (Lipinski definition) is 3. The van der Waals surface area contributed by atoms with Crippen LogP contribution < -0.4 is 5.32 Å². The number of hydrogen-bond acceptors (Lipinski definition) is 8. The van der Waals surface area contributed by atoms with E-state index in [1.165, 1.54) is 24.3 Å². The Morgan fingerprint density at radius 2 is 2.04 bits per heavy atom. The Balaban J connectivity index is 0.000000891. The molecule has 0 saturated carbocycles. The van der Waals surface area contributed by atoms with Crippen LogP contribution in [0.3, 0.4) is 0 Å². The van der Waals surface area contributed by atoms with Gasteiger partial charge in [0.2, 0.25) is 15.8 Å². The van der Waals surface area contributed by atoms with Gasteiger partial charge in [0.15, 0.2) is 0 Å². The van der Waals surface area contributed by atoms with Crippen molar-refractivity contribution in [2.75, 3.05) is 26.4 Å². The van der Waals surface area contributed by atoms with Crippen LogP contribution in [-0.4, -0.2) is 86.5 Å². The van der Waals surface area contributed by atoms with Crippen LogP contribution in [0.25, 0.3) is 5.95 Å². The number of likely N-dealkylation sites (N-methyl/N-ethyl adjacent to an activating group) is 1. The average molecular weight is 360 g/mol. The van der Waals surface area contributed by atoms with Crippen molar-refractivity contribution < 1.29 is 23.1 Å². The normalized spacial score (nSPS) is 10.8. The highest BCUT2D eigenvalue weighted by Gasteiger charge is 2.14. The highest BCUT2D eigenvalue weighted by atomic mass is 32.2. The van der Waals surface area contributed by atoms with Crippen LogP contribution in [0.5, 0.6) is 0 Å². The summed E-state index contributed by atoms with van der Waals surface area (Å²) in [5, 5.41) is 23.0. The second kappa shape index (κ2) is 8.68. The summed E-state index contributed by atoms with van der Waals surface area (Å²) in [6.45, 7) is 0.0715. The van der Waals surface area contributed by atoms with Crippen molar-refractivity contribution in [2.24, 2.45) is 0 Å². The third-order valence-corrected chi connectivity index (χ3v) is 3.93. The Morgan fingerprint density at radius 3 is 2.58 bits per heavy atom. The Morgan fingerprint density at radius 1 is 1.46 bits per heavy atom. The SMILES string of the molecule is CN(CCNC(=O)c1nc(-n2cnnc2)n[nH]1)S(C)(=O)=O.O=CO. The minimum absolute atomic E-state index is 0.0145. The molecule has 0 radical (unpaired) electrons. The predicted octanol–water partition coefficient (Wildman–Crippen LogP) is -2.29. The molecule has 0 bridgehead atoms. The summed E-state index contributed by atoms with van der Waals surface area (Å²) in [5.74, 6) is -0.233. The zero-order valence-corrected chi connectivity index (χ0v) is 13.6. The van der Waals surface area contributed by atoms with Gasteiger partial charge in [-0.2, -0.15) is 4.98 Å². The molecule has 3 N–H and O–H groups in total. The number of H-pyrrole nitrogens is 1. The maximum atomic E-state index is 11.8. The van der Waals surface area contributed by atoms with Crippen LogP contribution in [0.2, 0.25) is 0 Å². The van der Waals surface area contributed by atoms with Crippen LogP contribution in [0.1, 0.15) is 10.6 Å². The van der Waals surface area contributed by atoms with E-state index in [0.717, 1.165) is 10.6 Å². The molecule has 2 rings (SSSR count). The first-order valence-corrected chi connectivity index (χ1v) is 8.19. The van der Waals surface area contributed by atoms with E-state index >= 15 is 0 Å². The van der Waals surface area contributed by atoms with Gasteiger partial charge in [-0.3, -0.25) is 19.3 Å². The minimum atomic E-state index is -3.26. The molecule has 13 nitrogen and oxygen atoms in total. The van der Waals surface area contributed by atoms with Gasteiger partial charge in [-0.25, -0.2) is 12.7 Å². The van der Waals surface area contributed by atoms with Gasteiger partial charge in [-0.1, -0.05) is 0 Å². The first kappa shape index (κ1) is 19.2. The fourth-order valence-corrected chi connectivity index (χ4v) is 1.77. The molecule has 24 heavy (non-hydrogen) atoms. The lowest BCUT2D eigenvalue weighted by Crippen LogP contribution is -2.36. The molecule has 0 atom stereocenters. The summed E-state index contributed by atoms with van der Waals surface area (Å²) in [6.07, 6.45) is 3.88. The molecule has 0 aromatic carbocycles. The molecule has 0 aliphatic carbocycles. The lowest BCUT2D eigenvalue weighted by atomic mass is 10.5. The highest BCUT2D eigenvalue weighted by Crippen LogP contribution is 1.98. The van der Waals surface area contributed by atoms with Gasteiger partial charge in [0.25, 0.3) is 18.3 Å². The summed E-state index contributed by atoms with van der Waals surface area (Å²) in [5.41, 5.74) is 0. The predicted molar refractivity (Wildman–Crippen MR) is 79.8 cm³/mol. The molecule has 0 fully saturated rings. The molecular formula is C10H16N8O5S. The number of aromatic nitrogens is 6. The van der Waals surface area contributed by atoms with Crippen LogP contribution in [0.15, 0.2) is 12.7 Å². The summed E-state index contributed by atoms with van der Waals surface area (Å²) in [7, 11) is -1.83. The first-order chi connectivity index (χ1) is 11.3. The lowest BCUT2D eigenvalue weighted by Gasteiger charge is -2.13. The quantitative estimate of drug-likeness (QED) is 0.478. The van der Waals surface area contributed by atoms with Crippen LogP contribution >= 0.6 is 0 Å². The van der Waals surface area contributed by atoms with Crippen molar-refractivity contribution in [1.82, 2.24) is 39.6 Å². The second-order valence-electron chi connectivity index (χ2n) is 4.30. The number of rotatable bonds is 6. The summed E-state index contributed by atoms with van der Waals surface area (Å²) >= 11 is 0. The van der Waals surface area contributed by atoms with E-state index in [1.54, 1.807) is 0 Å². The average Bonchev–Trinajstić information content (AvgIpc) is 3.18. The highest BCUT2D eigenvalue weighted by molar-refractivity contribution is 7.88. The third kappa shape index (κ3) is 5.73. The Bertz CT molecular complexity index is 756. The third-order valence-electron chi connectivity index (χ3n) is 2.62. The van der Waals surface area contributed by atoms with E-state index in [4.69, 9.17) is 9.90 Å². The first-order valence-electron chi connectivity index (χ1n) is 6.34. The van der Waals surface area contributed by atoms with E-state index in [0.29, 0.717) is 0 Å². The Kier molecular flexibility index (Phi) is 6.94. The molecule has 0 spiro atoms. The van der Waals surface area contributed by atoms with Crippen LogP contribution in [0.4, 0.5) is 0 Å². The topological polar surface area (TPSA) is 176 Å². The fourth-order valence-electron chi connectivity index (χ4n) is 1.35. The van der Waals surface area contributed by atoms with Crippen molar-refractivity contribution in [3.63, 3.8) is 0 Å². The molecule has 1 amide bonds. The van der Waals surface area contributed by atoms with Crippen molar-refractivity contribution in [3.05, 3.63) is 18.5 Å². The summed E-state index contributed by atoms with van der Waals surface area (Å²) in [6, 6.07) is 0. The monoisotopic (exact) mass is 360 g/mol. The maximum Gasteiger partial charge on any atom is 0.290 e. The molecule has 0 aliphatic heterocycles. The van der Waals surface area contributed by atoms with Gasteiger partial charge < -0.3 is 10.4 Å². The van der Waals surface area contributed by atoms with Crippen molar-refractivity contribution in [3.8, 4) is 5.95 Å². The number of sulfonamides is 1. The zero-order chi connectivity index (χ0) is 18.2. The number of amides is 1. The maximum absolute atomic E-state index is 11.8. The van der Waals surface area contributed by atoms with E-state index in [-0.39, 0.29) is 31.3 Å². The largest absolute Gasteiger partial charge is 0.483 e. The number of carboxylic acid groups (broad SMARTS) is 1. The molecule has 0 aliphatic rings. The van der Waals surface area contributed by atoms with Gasteiger partial charge in [0.05, 0.1) is 6.26 Å². The van der Waals surface area contributed by atoms with Gasteiger partial charge in [0.1, 0.15) is 12.7 Å². The van der Waals surface area contributed by atoms with Gasteiger partial charge in [-0.05, 0) is 0 Å². The Labute approximate surface area is 136 Å². The zero-order valence-electron chi connectivity index (χ0n) is 12.8. The van der Waals surface area contributed by atoms with Crippen LogP contribution in [-0.2, 0) is 14.8 Å². The van der Waals surface area contributed by atoms with E-state index in [9.17, 15) is 13.2 Å². The van der Waals surface area contributed by atoms with Crippen molar-refractivity contribution in [1.29, 1.82) is 0 Å². The number of nitrogens with one attached hydrogen (secondary N) is 2. The number of aromatic amines is 1. The van der Waals surface area contributed by atoms with E-state index < -0.39 is 15.9 Å². The molecule has 132 valence electrons. The molecule has 0 saturated heterocycles. The van der Waals surface area contributed by atoms with Crippen LogP contribution in [0, 0.1) is 0 Å².